The van der Waals surface area contributed by atoms with Gasteiger partial charge in [-0.15, -0.1) is 0 Å². The summed E-state index contributed by atoms with van der Waals surface area (Å²) in [5.74, 6) is 0.408. The Hall–Kier alpha value is -2.21. The number of H-pyrrole nitrogens is 1. The Labute approximate surface area is 140 Å². The molecule has 2 atom stereocenters. The van der Waals surface area contributed by atoms with E-state index in [1.165, 1.54) is 0 Å². The summed E-state index contributed by atoms with van der Waals surface area (Å²) in [6, 6.07) is 7.27. The number of nitrogens with zero attached hydrogens (tertiary/aromatic N) is 2. The molecule has 2 heterocycles. The fourth-order valence-corrected chi connectivity index (χ4v) is 3.29. The molecule has 0 radical (unpaired) electrons. The minimum atomic E-state index is -0.130. The van der Waals surface area contributed by atoms with Gasteiger partial charge in [0.1, 0.15) is 5.82 Å². The van der Waals surface area contributed by atoms with Crippen LogP contribution in [0.2, 0.25) is 0 Å². The van der Waals surface area contributed by atoms with E-state index in [9.17, 15) is 9.59 Å². The molecule has 1 fully saturated rings. The highest BCUT2D eigenvalue weighted by atomic mass is 16.5. The number of ether oxygens (including phenoxy) is 1. The Balaban J connectivity index is 1.82. The topological polar surface area (TPSA) is 75.3 Å². The number of para-hydroxylation sites is 1. The maximum absolute atomic E-state index is 12.3. The molecule has 1 aromatic carbocycles. The average molecular weight is 329 g/mol. The van der Waals surface area contributed by atoms with Gasteiger partial charge in [0.05, 0.1) is 29.5 Å². The monoisotopic (exact) mass is 329 g/mol. The number of fused-ring (bicyclic) bond motifs is 1. The van der Waals surface area contributed by atoms with Gasteiger partial charge in [-0.3, -0.25) is 14.5 Å². The molecule has 24 heavy (non-hydrogen) atoms. The van der Waals surface area contributed by atoms with E-state index < -0.39 is 0 Å². The Bertz CT molecular complexity index is 786. The highest BCUT2D eigenvalue weighted by molar-refractivity contribution is 5.77. The van der Waals surface area contributed by atoms with Gasteiger partial charge in [0.2, 0.25) is 0 Å². The van der Waals surface area contributed by atoms with Crippen molar-refractivity contribution in [2.75, 3.05) is 19.7 Å². The summed E-state index contributed by atoms with van der Waals surface area (Å²) < 4.78 is 5.15. The first kappa shape index (κ1) is 16.6. The van der Waals surface area contributed by atoms with E-state index in [1.807, 2.05) is 32.0 Å². The zero-order valence-corrected chi connectivity index (χ0v) is 14.1. The molecule has 128 valence electrons. The number of hydrogen-bond acceptors (Lipinski definition) is 5. The summed E-state index contributed by atoms with van der Waals surface area (Å²) in [5.41, 5.74) is 0.573. The zero-order chi connectivity index (χ0) is 17.1. The van der Waals surface area contributed by atoms with E-state index in [0.717, 1.165) is 19.4 Å². The largest absolute Gasteiger partial charge is 0.466 e. The predicted molar refractivity (Wildman–Crippen MR) is 91.7 cm³/mol. The van der Waals surface area contributed by atoms with E-state index in [2.05, 4.69) is 14.9 Å². The molecule has 0 bridgehead atoms. The van der Waals surface area contributed by atoms with Gasteiger partial charge in [-0.2, -0.15) is 0 Å². The molecule has 1 aliphatic rings. The molecule has 0 aliphatic carbocycles. The molecule has 1 saturated heterocycles. The molecular weight excluding hydrogens is 306 g/mol. The standard InChI is InChI=1S/C18H23N3O3/c1-3-24-18(23)13-7-6-10-21(11-13)12(2)16-19-15-9-5-4-8-14(15)17(22)20-16/h4-5,8-9,12-13H,3,6-7,10-11H2,1-2H3,(H,19,20,22). The molecule has 3 rings (SSSR count). The molecule has 1 aromatic heterocycles. The van der Waals surface area contributed by atoms with Crippen molar-refractivity contribution in [2.24, 2.45) is 5.92 Å². The lowest BCUT2D eigenvalue weighted by Crippen LogP contribution is -2.41. The van der Waals surface area contributed by atoms with Crippen LogP contribution in [0, 0.1) is 5.92 Å². The first-order valence-electron chi connectivity index (χ1n) is 8.49. The Kier molecular flexibility index (Phi) is 4.94. The molecule has 0 spiro atoms. The van der Waals surface area contributed by atoms with Crippen molar-refractivity contribution in [3.05, 3.63) is 40.4 Å². The predicted octanol–water partition coefficient (Wildman–Crippen LogP) is 2.26. The van der Waals surface area contributed by atoms with E-state index >= 15 is 0 Å². The molecular formula is C18H23N3O3. The Morgan fingerprint density at radius 3 is 3.04 bits per heavy atom. The summed E-state index contributed by atoms with van der Waals surface area (Å²) in [5, 5.41) is 0.594. The lowest BCUT2D eigenvalue weighted by molar-refractivity contribution is -0.150. The summed E-state index contributed by atoms with van der Waals surface area (Å²) in [6.07, 6.45) is 1.79. The van der Waals surface area contributed by atoms with E-state index in [4.69, 9.17) is 4.74 Å². The molecule has 1 N–H and O–H groups in total. The van der Waals surface area contributed by atoms with E-state index in [1.54, 1.807) is 6.07 Å². The van der Waals surface area contributed by atoms with Crippen LogP contribution in [0.25, 0.3) is 10.9 Å². The lowest BCUT2D eigenvalue weighted by atomic mass is 9.97. The van der Waals surface area contributed by atoms with Crippen molar-refractivity contribution in [2.45, 2.75) is 32.7 Å². The molecule has 0 amide bonds. The molecule has 0 saturated carbocycles. The first-order chi connectivity index (χ1) is 11.6. The number of carbonyl (C=O) groups is 1. The SMILES string of the molecule is CCOC(=O)C1CCCN(C(C)c2nc3ccccc3c(=O)[nH]2)C1. The Morgan fingerprint density at radius 2 is 2.25 bits per heavy atom. The van der Waals surface area contributed by atoms with Crippen LogP contribution in [0.3, 0.4) is 0 Å². The average Bonchev–Trinajstić information content (AvgIpc) is 2.61. The maximum Gasteiger partial charge on any atom is 0.310 e. The fraction of sp³-hybridized carbons (Fsp3) is 0.500. The summed E-state index contributed by atoms with van der Waals surface area (Å²) in [7, 11) is 0. The van der Waals surface area contributed by atoms with Gasteiger partial charge in [0, 0.05) is 6.54 Å². The van der Waals surface area contributed by atoms with Crippen molar-refractivity contribution >= 4 is 16.9 Å². The van der Waals surface area contributed by atoms with Gasteiger partial charge >= 0.3 is 5.97 Å². The second-order valence-corrected chi connectivity index (χ2v) is 6.23. The molecule has 6 heteroatoms. The molecule has 2 unspecified atom stereocenters. The number of likely N-dealkylation sites (tertiary alicyclic amines) is 1. The fourth-order valence-electron chi connectivity index (χ4n) is 3.29. The third kappa shape index (κ3) is 3.33. The van der Waals surface area contributed by atoms with Crippen LogP contribution < -0.4 is 5.56 Å². The number of hydrogen-bond donors (Lipinski definition) is 1. The highest BCUT2D eigenvalue weighted by Crippen LogP contribution is 2.25. The number of aromatic amines is 1. The maximum atomic E-state index is 12.3. The van der Waals surface area contributed by atoms with Crippen molar-refractivity contribution in [3.63, 3.8) is 0 Å². The van der Waals surface area contributed by atoms with Gasteiger partial charge in [-0.25, -0.2) is 4.98 Å². The Morgan fingerprint density at radius 1 is 1.46 bits per heavy atom. The van der Waals surface area contributed by atoms with Crippen molar-refractivity contribution in [3.8, 4) is 0 Å². The van der Waals surface area contributed by atoms with Crippen LogP contribution in [-0.2, 0) is 9.53 Å². The van der Waals surface area contributed by atoms with Gasteiger partial charge in [0.25, 0.3) is 5.56 Å². The van der Waals surface area contributed by atoms with Crippen LogP contribution in [0.1, 0.15) is 38.6 Å². The minimum absolute atomic E-state index is 0.0560. The smallest absolute Gasteiger partial charge is 0.310 e. The van der Waals surface area contributed by atoms with Crippen molar-refractivity contribution < 1.29 is 9.53 Å². The number of aromatic nitrogens is 2. The summed E-state index contributed by atoms with van der Waals surface area (Å²) in [6.45, 7) is 5.76. The third-order valence-corrected chi connectivity index (χ3v) is 4.65. The van der Waals surface area contributed by atoms with Gasteiger partial charge in [0.15, 0.2) is 0 Å². The molecule has 1 aliphatic heterocycles. The normalized spacial score (nSPS) is 20.0. The summed E-state index contributed by atoms with van der Waals surface area (Å²) >= 11 is 0. The number of nitrogens with one attached hydrogen (secondary N) is 1. The van der Waals surface area contributed by atoms with Crippen LogP contribution in [0.5, 0.6) is 0 Å². The first-order valence-corrected chi connectivity index (χ1v) is 8.49. The van der Waals surface area contributed by atoms with Gasteiger partial charge in [-0.1, -0.05) is 12.1 Å². The second-order valence-electron chi connectivity index (χ2n) is 6.23. The van der Waals surface area contributed by atoms with Crippen LogP contribution >= 0.6 is 0 Å². The number of rotatable bonds is 4. The van der Waals surface area contributed by atoms with Crippen molar-refractivity contribution in [1.82, 2.24) is 14.9 Å². The zero-order valence-electron chi connectivity index (χ0n) is 14.1. The second kappa shape index (κ2) is 7.13. The highest BCUT2D eigenvalue weighted by Gasteiger charge is 2.30. The van der Waals surface area contributed by atoms with Gasteiger partial charge < -0.3 is 9.72 Å². The van der Waals surface area contributed by atoms with Gasteiger partial charge in [-0.05, 0) is 45.4 Å². The summed E-state index contributed by atoms with van der Waals surface area (Å²) in [4.78, 5) is 34.0. The van der Waals surface area contributed by atoms with Crippen molar-refractivity contribution in [1.29, 1.82) is 0 Å². The van der Waals surface area contributed by atoms with E-state index in [-0.39, 0.29) is 23.5 Å². The number of benzene rings is 1. The molecule has 6 nitrogen and oxygen atoms in total. The number of esters is 1. The van der Waals surface area contributed by atoms with Crippen LogP contribution in [0.4, 0.5) is 0 Å². The third-order valence-electron chi connectivity index (χ3n) is 4.65. The lowest BCUT2D eigenvalue weighted by Gasteiger charge is -2.35. The van der Waals surface area contributed by atoms with Crippen LogP contribution in [-0.4, -0.2) is 40.5 Å². The van der Waals surface area contributed by atoms with Crippen LogP contribution in [0.15, 0.2) is 29.1 Å². The number of carbonyl (C=O) groups excluding carboxylic acids is 1. The quantitative estimate of drug-likeness (QED) is 0.871. The van der Waals surface area contributed by atoms with E-state index in [0.29, 0.717) is 29.9 Å². The molecule has 2 aromatic rings. The minimum Gasteiger partial charge on any atom is -0.466 e. The number of piperidine rings is 1.